The maximum atomic E-state index is 14.1. The minimum atomic E-state index is -1.04. The van der Waals surface area contributed by atoms with Crippen molar-refractivity contribution in [2.45, 2.75) is 40.2 Å². The molecule has 0 aliphatic rings. The molecule has 2 aromatic carbocycles. The standard InChI is InChI=1S/C26H30ClN5O3S/c1-14(2)12-13-30-25(34)22(17-8-10-18(27)11-9-17)32(19-7-5-6-15(3)16(19)4)26(35)23-20(28)21(24(29)33)31-36-23/h5-11,14,22H,12-13,28H2,1-4H3,(H2,29,33)(H,30,34)/t22-/m1/s1. The summed E-state index contributed by atoms with van der Waals surface area (Å²) >= 11 is 6.89. The highest BCUT2D eigenvalue weighted by Gasteiger charge is 2.36. The molecule has 1 heterocycles. The number of amides is 3. The van der Waals surface area contributed by atoms with E-state index in [-0.39, 0.29) is 22.2 Å². The van der Waals surface area contributed by atoms with Crippen LogP contribution in [0.1, 0.15) is 63.2 Å². The van der Waals surface area contributed by atoms with Crippen molar-refractivity contribution in [2.24, 2.45) is 11.7 Å². The zero-order chi connectivity index (χ0) is 26.6. The molecule has 0 saturated carbocycles. The van der Waals surface area contributed by atoms with Gasteiger partial charge in [-0.3, -0.25) is 19.3 Å². The van der Waals surface area contributed by atoms with Crippen molar-refractivity contribution in [2.75, 3.05) is 17.2 Å². The van der Waals surface area contributed by atoms with Gasteiger partial charge in [-0.1, -0.05) is 49.7 Å². The molecule has 0 unspecified atom stereocenters. The Morgan fingerprint density at radius 1 is 1.11 bits per heavy atom. The smallest absolute Gasteiger partial charge is 0.273 e. The zero-order valence-electron chi connectivity index (χ0n) is 20.7. The molecule has 0 radical (unpaired) electrons. The number of aryl methyl sites for hydroxylation is 1. The van der Waals surface area contributed by atoms with Gasteiger partial charge in [-0.25, -0.2) is 0 Å². The van der Waals surface area contributed by atoms with E-state index < -0.39 is 17.9 Å². The summed E-state index contributed by atoms with van der Waals surface area (Å²) < 4.78 is 3.99. The molecular weight excluding hydrogens is 498 g/mol. The highest BCUT2D eigenvalue weighted by atomic mass is 35.5. The lowest BCUT2D eigenvalue weighted by Gasteiger charge is -2.33. The van der Waals surface area contributed by atoms with Crippen LogP contribution in [0.2, 0.25) is 5.02 Å². The fourth-order valence-corrected chi connectivity index (χ4v) is 4.61. The number of halogens is 1. The van der Waals surface area contributed by atoms with E-state index in [2.05, 4.69) is 23.5 Å². The SMILES string of the molecule is Cc1cccc(N(C(=O)c2snc(C(N)=O)c2N)[C@@H](C(=O)NCCC(C)C)c2ccc(Cl)cc2)c1C. The summed E-state index contributed by atoms with van der Waals surface area (Å²) in [4.78, 5) is 41.0. The first-order valence-electron chi connectivity index (χ1n) is 11.5. The average molecular weight is 528 g/mol. The van der Waals surface area contributed by atoms with Crippen LogP contribution in [0.15, 0.2) is 42.5 Å². The fraction of sp³-hybridized carbons (Fsp3) is 0.308. The van der Waals surface area contributed by atoms with E-state index in [0.717, 1.165) is 29.1 Å². The number of nitrogens with zero attached hydrogens (tertiary/aromatic N) is 2. The Hall–Kier alpha value is -3.43. The lowest BCUT2D eigenvalue weighted by Crippen LogP contribution is -2.44. The van der Waals surface area contributed by atoms with Crippen LogP contribution >= 0.6 is 23.1 Å². The molecule has 0 saturated heterocycles. The summed E-state index contributed by atoms with van der Waals surface area (Å²) in [7, 11) is 0. The van der Waals surface area contributed by atoms with Gasteiger partial charge >= 0.3 is 0 Å². The second kappa shape index (κ2) is 11.5. The van der Waals surface area contributed by atoms with E-state index in [0.29, 0.717) is 28.7 Å². The lowest BCUT2D eigenvalue weighted by molar-refractivity contribution is -0.122. The molecule has 8 nitrogen and oxygen atoms in total. The van der Waals surface area contributed by atoms with Crippen molar-refractivity contribution in [3.05, 3.63) is 74.7 Å². The van der Waals surface area contributed by atoms with Crippen LogP contribution in [0.5, 0.6) is 0 Å². The predicted molar refractivity (Wildman–Crippen MR) is 144 cm³/mol. The zero-order valence-corrected chi connectivity index (χ0v) is 22.2. The molecule has 0 aliphatic heterocycles. The van der Waals surface area contributed by atoms with Crippen LogP contribution in [0.4, 0.5) is 11.4 Å². The van der Waals surface area contributed by atoms with E-state index in [1.54, 1.807) is 30.3 Å². The van der Waals surface area contributed by atoms with Gasteiger partial charge in [0.1, 0.15) is 10.9 Å². The number of anilines is 2. The highest BCUT2D eigenvalue weighted by molar-refractivity contribution is 7.09. The molecule has 0 aliphatic carbocycles. The van der Waals surface area contributed by atoms with E-state index in [1.165, 1.54) is 4.90 Å². The maximum Gasteiger partial charge on any atom is 0.273 e. The van der Waals surface area contributed by atoms with E-state index in [4.69, 9.17) is 23.1 Å². The Morgan fingerprint density at radius 3 is 2.36 bits per heavy atom. The second-order valence-electron chi connectivity index (χ2n) is 8.96. The Balaban J connectivity index is 2.21. The summed E-state index contributed by atoms with van der Waals surface area (Å²) in [6.07, 6.45) is 0.778. The van der Waals surface area contributed by atoms with Crippen LogP contribution in [0.3, 0.4) is 0 Å². The minimum Gasteiger partial charge on any atom is -0.395 e. The molecule has 0 bridgehead atoms. The Bertz CT molecular complexity index is 1270. The maximum absolute atomic E-state index is 14.1. The van der Waals surface area contributed by atoms with Gasteiger partial charge in [0, 0.05) is 17.3 Å². The topological polar surface area (TPSA) is 131 Å². The van der Waals surface area contributed by atoms with E-state index in [1.807, 2.05) is 26.0 Å². The molecule has 3 rings (SSSR count). The Morgan fingerprint density at radius 2 is 1.78 bits per heavy atom. The lowest BCUT2D eigenvalue weighted by atomic mass is 9.99. The van der Waals surface area contributed by atoms with Crippen LogP contribution in [0.25, 0.3) is 0 Å². The average Bonchev–Trinajstić information content (AvgIpc) is 3.21. The van der Waals surface area contributed by atoms with Gasteiger partial charge in [-0.2, -0.15) is 4.37 Å². The number of rotatable bonds is 9. The molecule has 0 spiro atoms. The molecule has 0 fully saturated rings. The third kappa shape index (κ3) is 5.85. The normalized spacial score (nSPS) is 11.8. The van der Waals surface area contributed by atoms with Crippen LogP contribution in [0, 0.1) is 19.8 Å². The summed E-state index contributed by atoms with van der Waals surface area (Å²) in [5.41, 5.74) is 14.1. The number of aromatic nitrogens is 1. The molecular formula is C26H30ClN5O3S. The van der Waals surface area contributed by atoms with Gasteiger partial charge in [0.15, 0.2) is 5.69 Å². The molecule has 1 atom stereocenters. The van der Waals surface area contributed by atoms with Crippen LogP contribution in [-0.2, 0) is 4.79 Å². The van der Waals surface area contributed by atoms with Crippen LogP contribution in [-0.4, -0.2) is 28.6 Å². The first-order chi connectivity index (χ1) is 17.0. The number of carbonyl (C=O) groups is 3. The van der Waals surface area contributed by atoms with E-state index >= 15 is 0 Å². The molecule has 10 heteroatoms. The summed E-state index contributed by atoms with van der Waals surface area (Å²) in [6.45, 7) is 8.39. The largest absolute Gasteiger partial charge is 0.395 e. The molecule has 3 amide bonds. The summed E-state index contributed by atoms with van der Waals surface area (Å²) in [5, 5.41) is 3.47. The predicted octanol–water partition coefficient (Wildman–Crippen LogP) is 4.64. The molecule has 190 valence electrons. The van der Waals surface area contributed by atoms with Gasteiger partial charge in [0.25, 0.3) is 11.8 Å². The van der Waals surface area contributed by atoms with Crippen molar-refractivity contribution in [1.29, 1.82) is 0 Å². The van der Waals surface area contributed by atoms with E-state index in [9.17, 15) is 14.4 Å². The third-order valence-corrected chi connectivity index (χ3v) is 7.03. The molecule has 5 N–H and O–H groups in total. The summed E-state index contributed by atoms with van der Waals surface area (Å²) in [5.74, 6) is -1.36. The minimum absolute atomic E-state index is 0.0265. The number of hydrogen-bond donors (Lipinski definition) is 3. The van der Waals surface area contributed by atoms with Crippen molar-refractivity contribution >= 4 is 52.2 Å². The Kier molecular flexibility index (Phi) is 8.70. The van der Waals surface area contributed by atoms with Gasteiger partial charge in [-0.15, -0.1) is 0 Å². The monoisotopic (exact) mass is 527 g/mol. The molecule has 3 aromatic rings. The summed E-state index contributed by atoms with van der Waals surface area (Å²) in [6, 6.07) is 11.2. The van der Waals surface area contributed by atoms with Crippen molar-refractivity contribution in [1.82, 2.24) is 9.69 Å². The number of nitrogens with two attached hydrogens (primary N) is 2. The third-order valence-electron chi connectivity index (χ3n) is 5.92. The highest BCUT2D eigenvalue weighted by Crippen LogP contribution is 2.36. The number of carbonyl (C=O) groups excluding carboxylic acids is 3. The number of nitrogen functional groups attached to an aromatic ring is 1. The first-order valence-corrected chi connectivity index (χ1v) is 12.7. The first kappa shape index (κ1) is 27.2. The number of benzene rings is 2. The number of nitrogens with one attached hydrogen (secondary N) is 1. The van der Waals surface area contributed by atoms with Crippen molar-refractivity contribution in [3.63, 3.8) is 0 Å². The Labute approximate surface area is 219 Å². The van der Waals surface area contributed by atoms with Gasteiger partial charge < -0.3 is 16.8 Å². The van der Waals surface area contributed by atoms with Crippen molar-refractivity contribution in [3.8, 4) is 0 Å². The number of hydrogen-bond acceptors (Lipinski definition) is 6. The van der Waals surface area contributed by atoms with Gasteiger partial charge in [0.05, 0.1) is 5.69 Å². The molecule has 36 heavy (non-hydrogen) atoms. The fourth-order valence-electron chi connectivity index (χ4n) is 3.74. The van der Waals surface area contributed by atoms with Crippen molar-refractivity contribution < 1.29 is 14.4 Å². The van der Waals surface area contributed by atoms with Gasteiger partial charge in [0.2, 0.25) is 5.91 Å². The van der Waals surface area contributed by atoms with Gasteiger partial charge in [-0.05, 0) is 72.6 Å². The molecule has 1 aromatic heterocycles. The second-order valence-corrected chi connectivity index (χ2v) is 10.2. The quantitative estimate of drug-likeness (QED) is 0.373. The number of primary amides is 1. The van der Waals surface area contributed by atoms with Crippen LogP contribution < -0.4 is 21.7 Å².